The molecule has 0 saturated carbocycles. The molecule has 0 aliphatic carbocycles. The zero-order valence-electron chi connectivity index (χ0n) is 13.5. The lowest BCUT2D eigenvalue weighted by Gasteiger charge is -2.13. The molecule has 1 N–H and O–H groups in total. The van der Waals surface area contributed by atoms with Crippen LogP contribution < -0.4 is 10.1 Å². The number of hydrogen-bond acceptors (Lipinski definition) is 5. The van der Waals surface area contributed by atoms with E-state index in [-0.39, 0.29) is 11.4 Å². The highest BCUT2D eigenvalue weighted by Gasteiger charge is 2.14. The van der Waals surface area contributed by atoms with E-state index in [9.17, 15) is 4.39 Å². The molecular weight excluding hydrogens is 343 g/mol. The molecule has 0 unspecified atom stereocenters. The number of pyridine rings is 1. The fourth-order valence-corrected chi connectivity index (χ4v) is 2.32. The lowest BCUT2D eigenvalue weighted by molar-refractivity contribution is 0.317. The average molecular weight is 359 g/mol. The number of rotatable bonds is 6. The van der Waals surface area contributed by atoms with Gasteiger partial charge < -0.3 is 10.1 Å². The van der Waals surface area contributed by atoms with Crippen molar-refractivity contribution in [2.24, 2.45) is 0 Å². The second-order valence-corrected chi connectivity index (χ2v) is 5.68. The summed E-state index contributed by atoms with van der Waals surface area (Å²) in [5.74, 6) is 0.718. The number of halogens is 2. The third-order valence-electron chi connectivity index (χ3n) is 3.33. The van der Waals surface area contributed by atoms with E-state index in [2.05, 4.69) is 20.3 Å². The smallest absolute Gasteiger partial charge is 0.180 e. The standard InChI is InChI=1S/C18H16ClFN4O/c1-2-9-25-16-11-22-17(14-10-12(19)3-4-15(14)20)24-18(16)23-13-5-7-21-8-6-13/h3-8,10-11H,2,9H2,1H3,(H,21,22,23,24). The maximum Gasteiger partial charge on any atom is 0.180 e. The second-order valence-electron chi connectivity index (χ2n) is 5.24. The first-order chi connectivity index (χ1) is 12.2. The first-order valence-electron chi connectivity index (χ1n) is 7.79. The van der Waals surface area contributed by atoms with Gasteiger partial charge in [0.25, 0.3) is 0 Å². The molecule has 25 heavy (non-hydrogen) atoms. The summed E-state index contributed by atoms with van der Waals surface area (Å²) in [6.45, 7) is 2.53. The number of nitrogens with zero attached hydrogens (tertiary/aromatic N) is 3. The van der Waals surface area contributed by atoms with Crippen LogP contribution in [-0.2, 0) is 0 Å². The van der Waals surface area contributed by atoms with Gasteiger partial charge in [-0.1, -0.05) is 18.5 Å². The Kier molecular flexibility index (Phi) is 5.40. The van der Waals surface area contributed by atoms with Crippen molar-refractivity contribution >= 4 is 23.1 Å². The van der Waals surface area contributed by atoms with Crippen LogP contribution in [0.15, 0.2) is 48.9 Å². The third-order valence-corrected chi connectivity index (χ3v) is 3.56. The van der Waals surface area contributed by atoms with Gasteiger partial charge >= 0.3 is 0 Å². The SMILES string of the molecule is CCCOc1cnc(-c2cc(Cl)ccc2F)nc1Nc1ccncc1. The molecule has 0 aliphatic heterocycles. The summed E-state index contributed by atoms with van der Waals surface area (Å²) in [6.07, 6.45) is 5.70. The Bertz CT molecular complexity index is 861. The molecule has 0 aliphatic rings. The Balaban J connectivity index is 2.01. The molecule has 0 fully saturated rings. The van der Waals surface area contributed by atoms with E-state index in [1.54, 1.807) is 24.5 Å². The largest absolute Gasteiger partial charge is 0.488 e. The minimum Gasteiger partial charge on any atom is -0.488 e. The van der Waals surface area contributed by atoms with Crippen LogP contribution in [0.3, 0.4) is 0 Å². The normalized spacial score (nSPS) is 10.5. The molecule has 7 heteroatoms. The van der Waals surface area contributed by atoms with Crippen molar-refractivity contribution in [3.63, 3.8) is 0 Å². The van der Waals surface area contributed by atoms with E-state index < -0.39 is 5.82 Å². The average Bonchev–Trinajstić information content (AvgIpc) is 2.63. The van der Waals surface area contributed by atoms with Crippen LogP contribution >= 0.6 is 11.6 Å². The first kappa shape index (κ1) is 17.1. The van der Waals surface area contributed by atoms with Crippen LogP contribution in [-0.4, -0.2) is 21.6 Å². The fraction of sp³-hybridized carbons (Fsp3) is 0.167. The molecule has 128 valence electrons. The molecule has 0 radical (unpaired) electrons. The predicted molar refractivity (Wildman–Crippen MR) is 95.7 cm³/mol. The summed E-state index contributed by atoms with van der Waals surface area (Å²) in [7, 11) is 0. The van der Waals surface area contributed by atoms with E-state index in [1.165, 1.54) is 24.4 Å². The molecule has 5 nitrogen and oxygen atoms in total. The van der Waals surface area contributed by atoms with E-state index in [4.69, 9.17) is 16.3 Å². The highest BCUT2D eigenvalue weighted by Crippen LogP contribution is 2.30. The number of aromatic nitrogens is 3. The summed E-state index contributed by atoms with van der Waals surface area (Å²) >= 11 is 5.97. The lowest BCUT2D eigenvalue weighted by atomic mass is 10.2. The van der Waals surface area contributed by atoms with Gasteiger partial charge in [0, 0.05) is 23.1 Å². The van der Waals surface area contributed by atoms with Crippen LogP contribution in [0.5, 0.6) is 5.75 Å². The number of benzene rings is 1. The van der Waals surface area contributed by atoms with Gasteiger partial charge in [0.1, 0.15) is 5.82 Å². The van der Waals surface area contributed by atoms with Crippen LogP contribution in [0, 0.1) is 5.82 Å². The van der Waals surface area contributed by atoms with Crippen molar-refractivity contribution in [3.05, 3.63) is 59.8 Å². The van der Waals surface area contributed by atoms with Crippen LogP contribution in [0.1, 0.15) is 13.3 Å². The molecule has 2 heterocycles. The molecule has 0 amide bonds. The third kappa shape index (κ3) is 4.22. The first-order valence-corrected chi connectivity index (χ1v) is 8.17. The van der Waals surface area contributed by atoms with Crippen molar-refractivity contribution < 1.29 is 9.13 Å². The highest BCUT2D eigenvalue weighted by molar-refractivity contribution is 6.30. The van der Waals surface area contributed by atoms with Crippen molar-refractivity contribution in [2.75, 3.05) is 11.9 Å². The van der Waals surface area contributed by atoms with Gasteiger partial charge in [-0.2, -0.15) is 0 Å². The predicted octanol–water partition coefficient (Wildman–Crippen LogP) is 4.86. The van der Waals surface area contributed by atoms with Gasteiger partial charge in [-0.3, -0.25) is 4.98 Å². The molecule has 0 spiro atoms. The summed E-state index contributed by atoms with van der Waals surface area (Å²) in [6, 6.07) is 7.86. The molecule has 2 aromatic heterocycles. The van der Waals surface area contributed by atoms with Crippen LogP contribution in [0.25, 0.3) is 11.4 Å². The number of nitrogens with one attached hydrogen (secondary N) is 1. The van der Waals surface area contributed by atoms with Crippen molar-refractivity contribution in [1.82, 2.24) is 15.0 Å². The van der Waals surface area contributed by atoms with Gasteiger partial charge in [0.15, 0.2) is 17.4 Å². The molecule has 1 aromatic carbocycles. The van der Waals surface area contributed by atoms with Crippen LogP contribution in [0.4, 0.5) is 15.9 Å². The van der Waals surface area contributed by atoms with Crippen molar-refractivity contribution in [3.8, 4) is 17.1 Å². The fourth-order valence-electron chi connectivity index (χ4n) is 2.15. The molecule has 0 bridgehead atoms. The second kappa shape index (κ2) is 7.90. The van der Waals surface area contributed by atoms with Gasteiger partial charge in [-0.25, -0.2) is 14.4 Å². The Morgan fingerprint density at radius 3 is 2.76 bits per heavy atom. The van der Waals surface area contributed by atoms with Gasteiger partial charge in [0.2, 0.25) is 0 Å². The quantitative estimate of drug-likeness (QED) is 0.681. The molecule has 3 rings (SSSR count). The summed E-state index contributed by atoms with van der Waals surface area (Å²) in [5, 5.41) is 3.57. The van der Waals surface area contributed by atoms with Gasteiger partial charge in [0.05, 0.1) is 18.4 Å². The summed E-state index contributed by atoms with van der Waals surface area (Å²) in [5.41, 5.74) is 1.01. The van der Waals surface area contributed by atoms with Gasteiger partial charge in [-0.15, -0.1) is 0 Å². The Labute approximate surface area is 149 Å². The number of anilines is 2. The van der Waals surface area contributed by atoms with Crippen molar-refractivity contribution in [1.29, 1.82) is 0 Å². The van der Waals surface area contributed by atoms with Crippen molar-refractivity contribution in [2.45, 2.75) is 13.3 Å². The molecule has 0 saturated heterocycles. The van der Waals surface area contributed by atoms with E-state index in [0.717, 1.165) is 12.1 Å². The lowest BCUT2D eigenvalue weighted by Crippen LogP contribution is -2.04. The maximum absolute atomic E-state index is 14.1. The molecule has 3 aromatic rings. The monoisotopic (exact) mass is 358 g/mol. The zero-order valence-corrected chi connectivity index (χ0v) is 14.3. The summed E-state index contributed by atoms with van der Waals surface area (Å²) in [4.78, 5) is 12.6. The Morgan fingerprint density at radius 2 is 2.00 bits per heavy atom. The van der Waals surface area contributed by atoms with E-state index in [1.807, 2.05) is 6.92 Å². The number of ether oxygens (including phenoxy) is 1. The van der Waals surface area contributed by atoms with E-state index >= 15 is 0 Å². The zero-order chi connectivity index (χ0) is 17.6. The van der Waals surface area contributed by atoms with Gasteiger partial charge in [-0.05, 0) is 36.8 Å². The molecular formula is C18H16ClFN4O. The van der Waals surface area contributed by atoms with E-state index in [0.29, 0.717) is 23.2 Å². The minimum atomic E-state index is -0.443. The Morgan fingerprint density at radius 1 is 1.20 bits per heavy atom. The maximum atomic E-state index is 14.1. The summed E-state index contributed by atoms with van der Waals surface area (Å²) < 4.78 is 19.8. The molecule has 0 atom stereocenters. The topological polar surface area (TPSA) is 59.9 Å². The number of hydrogen-bond donors (Lipinski definition) is 1. The highest BCUT2D eigenvalue weighted by atomic mass is 35.5. The minimum absolute atomic E-state index is 0.223. The Hall–Kier alpha value is -2.73. The van der Waals surface area contributed by atoms with Crippen LogP contribution in [0.2, 0.25) is 5.02 Å².